The molecule has 5 heteroatoms. The van der Waals surface area contributed by atoms with Crippen LogP contribution in [-0.2, 0) is 9.53 Å². The Morgan fingerprint density at radius 1 is 1.35 bits per heavy atom. The second-order valence-corrected chi connectivity index (χ2v) is 4.78. The Labute approximate surface area is 111 Å². The van der Waals surface area contributed by atoms with E-state index in [1.165, 1.54) is 7.11 Å². The quantitative estimate of drug-likeness (QED) is 0.854. The highest BCUT2D eigenvalue weighted by atomic mass is 35.5. The van der Waals surface area contributed by atoms with Crippen molar-refractivity contribution in [1.82, 2.24) is 0 Å². The van der Waals surface area contributed by atoms with Gasteiger partial charge in [0.25, 0.3) is 0 Å². The van der Waals surface area contributed by atoms with E-state index in [-0.39, 0.29) is 11.9 Å². The lowest BCUT2D eigenvalue weighted by molar-refractivity contribution is -0.142. The molecule has 0 aromatic heterocycles. The molecule has 0 aliphatic carbocycles. The minimum absolute atomic E-state index is 0.0810. The molecule has 3 nitrogen and oxygen atoms in total. The summed E-state index contributed by atoms with van der Waals surface area (Å²) in [4.78, 5) is 11.6. The molecule has 0 radical (unpaired) electrons. The maximum Gasteiger partial charge on any atom is 0.328 e. The molecule has 0 aliphatic rings. The Hall–Kier alpha value is -0.930. The van der Waals surface area contributed by atoms with Crippen LogP contribution in [0.1, 0.15) is 13.8 Å². The van der Waals surface area contributed by atoms with Gasteiger partial charge < -0.3 is 10.1 Å². The van der Waals surface area contributed by atoms with Gasteiger partial charge in [-0.2, -0.15) is 0 Å². The summed E-state index contributed by atoms with van der Waals surface area (Å²) in [5.74, 6) is -0.242. The van der Waals surface area contributed by atoms with Crippen molar-refractivity contribution in [2.45, 2.75) is 19.9 Å². The summed E-state index contributed by atoms with van der Waals surface area (Å²) in [6, 6.07) is 4.78. The molecule has 1 rings (SSSR count). The molecule has 0 bridgehead atoms. The van der Waals surface area contributed by atoms with E-state index in [4.69, 9.17) is 27.9 Å². The van der Waals surface area contributed by atoms with Crippen LogP contribution in [0.25, 0.3) is 0 Å². The Balaban J connectivity index is 2.94. The fraction of sp³-hybridized carbons (Fsp3) is 0.417. The van der Waals surface area contributed by atoms with Crippen LogP contribution < -0.4 is 5.32 Å². The highest BCUT2D eigenvalue weighted by Gasteiger charge is 2.23. The normalized spacial score (nSPS) is 12.4. The van der Waals surface area contributed by atoms with Gasteiger partial charge in [-0.1, -0.05) is 43.1 Å². The summed E-state index contributed by atoms with van der Waals surface area (Å²) in [6.45, 7) is 3.85. The second-order valence-electron chi connectivity index (χ2n) is 3.99. The standard InChI is InChI=1S/C12H15Cl2NO2/c1-7(2)11(12(16)17-3)15-9-6-4-5-8(13)10(9)14/h4-7,11,15H,1-3H3. The van der Waals surface area contributed by atoms with Gasteiger partial charge in [-0.05, 0) is 18.1 Å². The zero-order chi connectivity index (χ0) is 13.0. The first-order valence-corrected chi connectivity index (χ1v) is 6.01. The number of halogens is 2. The Morgan fingerprint density at radius 2 is 2.00 bits per heavy atom. The third-order valence-corrected chi connectivity index (χ3v) is 3.20. The average Bonchev–Trinajstić information content (AvgIpc) is 2.29. The minimum atomic E-state index is -0.448. The second kappa shape index (κ2) is 6.12. The maximum absolute atomic E-state index is 11.6. The molecule has 0 saturated heterocycles. The number of hydrogen-bond donors (Lipinski definition) is 1. The zero-order valence-corrected chi connectivity index (χ0v) is 11.5. The van der Waals surface area contributed by atoms with E-state index in [1.807, 2.05) is 13.8 Å². The van der Waals surface area contributed by atoms with Crippen molar-refractivity contribution in [1.29, 1.82) is 0 Å². The monoisotopic (exact) mass is 275 g/mol. The summed E-state index contributed by atoms with van der Waals surface area (Å²) in [7, 11) is 1.36. The van der Waals surface area contributed by atoms with Crippen molar-refractivity contribution < 1.29 is 9.53 Å². The molecule has 1 N–H and O–H groups in total. The number of rotatable bonds is 4. The van der Waals surface area contributed by atoms with Gasteiger partial charge in [-0.3, -0.25) is 0 Å². The molecule has 0 amide bonds. The van der Waals surface area contributed by atoms with Gasteiger partial charge in [0.1, 0.15) is 6.04 Å². The molecule has 0 spiro atoms. The third-order valence-electron chi connectivity index (χ3n) is 2.38. The number of ether oxygens (including phenoxy) is 1. The number of benzene rings is 1. The number of anilines is 1. The number of hydrogen-bond acceptors (Lipinski definition) is 3. The van der Waals surface area contributed by atoms with E-state index in [0.29, 0.717) is 15.7 Å². The van der Waals surface area contributed by atoms with Gasteiger partial charge >= 0.3 is 5.97 Å². The van der Waals surface area contributed by atoms with Crippen molar-refractivity contribution in [2.24, 2.45) is 5.92 Å². The average molecular weight is 276 g/mol. The van der Waals surface area contributed by atoms with Gasteiger partial charge in [0.15, 0.2) is 0 Å². The summed E-state index contributed by atoms with van der Waals surface area (Å²) < 4.78 is 4.74. The summed E-state index contributed by atoms with van der Waals surface area (Å²) in [5, 5.41) is 3.90. The van der Waals surface area contributed by atoms with Gasteiger partial charge in [-0.25, -0.2) is 4.79 Å². The Kier molecular flexibility index (Phi) is 5.09. The number of carbonyl (C=O) groups excluding carboxylic acids is 1. The molecule has 17 heavy (non-hydrogen) atoms. The van der Waals surface area contributed by atoms with E-state index in [9.17, 15) is 4.79 Å². The van der Waals surface area contributed by atoms with Crippen LogP contribution in [0, 0.1) is 5.92 Å². The fourth-order valence-electron chi connectivity index (χ4n) is 1.41. The van der Waals surface area contributed by atoms with Gasteiger partial charge in [0, 0.05) is 0 Å². The van der Waals surface area contributed by atoms with Gasteiger partial charge in [0.05, 0.1) is 22.8 Å². The summed E-state index contributed by atoms with van der Waals surface area (Å²) >= 11 is 11.9. The number of methoxy groups -OCH3 is 1. The first-order chi connectivity index (χ1) is 7.97. The van der Waals surface area contributed by atoms with Crippen LogP contribution in [0.15, 0.2) is 18.2 Å². The highest BCUT2D eigenvalue weighted by molar-refractivity contribution is 6.43. The van der Waals surface area contributed by atoms with Crippen LogP contribution in [0.4, 0.5) is 5.69 Å². The van der Waals surface area contributed by atoms with Crippen LogP contribution in [0.2, 0.25) is 10.0 Å². The van der Waals surface area contributed by atoms with Crippen LogP contribution in [-0.4, -0.2) is 19.1 Å². The predicted molar refractivity (Wildman–Crippen MR) is 70.7 cm³/mol. The predicted octanol–water partition coefficient (Wildman–Crippen LogP) is 3.60. The molecule has 0 heterocycles. The molecule has 1 atom stereocenters. The molecule has 1 aromatic rings. The zero-order valence-electron chi connectivity index (χ0n) is 9.96. The lowest BCUT2D eigenvalue weighted by Crippen LogP contribution is -2.35. The minimum Gasteiger partial charge on any atom is -0.467 e. The van der Waals surface area contributed by atoms with E-state index in [0.717, 1.165) is 0 Å². The molecule has 1 aromatic carbocycles. The van der Waals surface area contributed by atoms with Crippen molar-refractivity contribution in [2.75, 3.05) is 12.4 Å². The summed E-state index contributed by atoms with van der Waals surface area (Å²) in [6.07, 6.45) is 0. The molecular weight excluding hydrogens is 261 g/mol. The molecule has 94 valence electrons. The van der Waals surface area contributed by atoms with Crippen molar-refractivity contribution in [3.63, 3.8) is 0 Å². The lowest BCUT2D eigenvalue weighted by Gasteiger charge is -2.21. The van der Waals surface area contributed by atoms with Crippen molar-refractivity contribution in [3.05, 3.63) is 28.2 Å². The number of esters is 1. The third kappa shape index (κ3) is 3.51. The first-order valence-electron chi connectivity index (χ1n) is 5.25. The van der Waals surface area contributed by atoms with Crippen molar-refractivity contribution in [3.8, 4) is 0 Å². The molecular formula is C12H15Cl2NO2. The molecule has 1 unspecified atom stereocenters. The van der Waals surface area contributed by atoms with E-state index >= 15 is 0 Å². The van der Waals surface area contributed by atoms with E-state index < -0.39 is 6.04 Å². The maximum atomic E-state index is 11.6. The van der Waals surface area contributed by atoms with Gasteiger partial charge in [0.2, 0.25) is 0 Å². The highest BCUT2D eigenvalue weighted by Crippen LogP contribution is 2.30. The lowest BCUT2D eigenvalue weighted by atomic mass is 10.0. The van der Waals surface area contributed by atoms with Crippen molar-refractivity contribution >= 4 is 34.9 Å². The smallest absolute Gasteiger partial charge is 0.328 e. The number of nitrogens with one attached hydrogen (secondary N) is 1. The molecule has 0 saturated carbocycles. The number of carbonyl (C=O) groups is 1. The fourth-order valence-corrected chi connectivity index (χ4v) is 1.76. The largest absolute Gasteiger partial charge is 0.467 e. The SMILES string of the molecule is COC(=O)C(Nc1cccc(Cl)c1Cl)C(C)C. The topological polar surface area (TPSA) is 38.3 Å². The van der Waals surface area contributed by atoms with Gasteiger partial charge in [-0.15, -0.1) is 0 Å². The first kappa shape index (κ1) is 14.1. The van der Waals surface area contributed by atoms with Crippen LogP contribution in [0.5, 0.6) is 0 Å². The Morgan fingerprint density at radius 3 is 2.53 bits per heavy atom. The Bertz CT molecular complexity index is 407. The van der Waals surface area contributed by atoms with E-state index in [1.54, 1.807) is 18.2 Å². The van der Waals surface area contributed by atoms with Crippen LogP contribution in [0.3, 0.4) is 0 Å². The van der Waals surface area contributed by atoms with E-state index in [2.05, 4.69) is 5.32 Å². The summed E-state index contributed by atoms with van der Waals surface area (Å²) in [5.41, 5.74) is 0.628. The van der Waals surface area contributed by atoms with Crippen LogP contribution >= 0.6 is 23.2 Å². The molecule has 0 fully saturated rings. The molecule has 0 aliphatic heterocycles.